The maximum atomic E-state index is 12.3. The second kappa shape index (κ2) is 28.1. The van der Waals surface area contributed by atoms with E-state index in [1.165, 1.54) is 0 Å². The lowest BCUT2D eigenvalue weighted by Crippen LogP contribution is -2.05. The van der Waals surface area contributed by atoms with Crippen LogP contribution in [0.5, 0.6) is 0 Å². The number of benzene rings is 21. The summed E-state index contributed by atoms with van der Waals surface area (Å²) in [5, 5.41) is 71.7. The molecule has 0 aliphatic heterocycles. The van der Waals surface area contributed by atoms with Crippen LogP contribution in [0.3, 0.4) is 0 Å². The molecule has 136 heavy (non-hydrogen) atoms. The van der Waals surface area contributed by atoms with Crippen LogP contribution in [0.25, 0.3) is 263 Å². The van der Waals surface area contributed by atoms with Gasteiger partial charge in [0.05, 0.1) is 133 Å². The van der Waals surface area contributed by atoms with Crippen LogP contribution in [0, 0.1) is 45.3 Å². The average molecular weight is 1730 g/mol. The molecule has 624 valence electrons. The molecule has 0 atom stereocenters. The number of nitrogens with zero attached hydrogens (tertiary/aromatic N) is 12. The second-order valence-corrected chi connectivity index (χ2v) is 35.7. The van der Waals surface area contributed by atoms with E-state index in [4.69, 9.17) is 0 Å². The largest absolute Gasteiger partial charge is 0.309 e. The Labute approximate surface area is 774 Å². The first-order valence-corrected chi connectivity index (χ1v) is 45.8. The molecule has 12 nitrogen and oxygen atoms in total. The molecule has 0 fully saturated rings. The molecule has 0 spiro atoms. The molecule has 0 radical (unpaired) electrons. The fraction of sp³-hybridized carbons (Fsp3) is 0. The van der Waals surface area contributed by atoms with Crippen molar-refractivity contribution in [2.45, 2.75) is 0 Å². The number of para-hydroxylation sites is 7. The first-order valence-electron chi connectivity index (χ1n) is 45.8. The molecule has 0 bridgehead atoms. The van der Waals surface area contributed by atoms with Crippen molar-refractivity contribution < 1.29 is 0 Å². The first kappa shape index (κ1) is 74.7. The minimum absolute atomic E-state index is 0.392. The maximum Gasteiger partial charge on any atom is 0.101 e. The van der Waals surface area contributed by atoms with E-state index in [1.807, 2.05) is 30.3 Å². The van der Waals surface area contributed by atoms with Crippen molar-refractivity contribution in [3.63, 3.8) is 0 Å². The highest BCUT2D eigenvalue weighted by Crippen LogP contribution is 2.53. The Hall–Kier alpha value is -19.2. The van der Waals surface area contributed by atoms with Crippen molar-refractivity contribution in [1.82, 2.24) is 36.5 Å². The molecule has 8 aromatic heterocycles. The Morgan fingerprint density at radius 2 is 0.441 bits per heavy atom. The normalized spacial score (nSPS) is 12.1. The van der Waals surface area contributed by atoms with E-state index in [0.717, 1.165) is 241 Å². The van der Waals surface area contributed by atoms with Gasteiger partial charge in [-0.05, 0) is 183 Å². The molecule has 0 saturated heterocycles. The van der Waals surface area contributed by atoms with Gasteiger partial charge in [-0.2, -0.15) is 21.0 Å². The van der Waals surface area contributed by atoms with Gasteiger partial charge in [-0.25, -0.2) is 0 Å². The number of fused-ring (bicyclic) bond motifs is 34. The molecule has 0 saturated carbocycles. The zero-order valence-corrected chi connectivity index (χ0v) is 72.6. The lowest BCUT2D eigenvalue weighted by atomic mass is 9.96. The summed E-state index contributed by atoms with van der Waals surface area (Å²) in [5.41, 5.74) is 25.3. The molecule has 0 N–H and O–H groups in total. The van der Waals surface area contributed by atoms with Crippen LogP contribution in [-0.4, -0.2) is 36.5 Å². The summed E-state index contributed by atoms with van der Waals surface area (Å²) in [4.78, 5) is 0. The quantitative estimate of drug-likeness (QED) is 0.142. The monoisotopic (exact) mass is 1720 g/mol. The van der Waals surface area contributed by atoms with Gasteiger partial charge >= 0.3 is 0 Å². The molecular formula is C124H68N12. The van der Waals surface area contributed by atoms with Crippen LogP contribution in [0.2, 0.25) is 0 Å². The van der Waals surface area contributed by atoms with Crippen LogP contribution in [-0.2, 0) is 0 Å². The van der Waals surface area contributed by atoms with Crippen LogP contribution in [0.1, 0.15) is 22.3 Å². The van der Waals surface area contributed by atoms with Crippen molar-refractivity contribution in [2.75, 3.05) is 0 Å². The van der Waals surface area contributed by atoms with E-state index >= 15 is 0 Å². The molecule has 0 aliphatic rings. The molecule has 0 aliphatic carbocycles. The lowest BCUT2D eigenvalue weighted by Gasteiger charge is -2.17. The van der Waals surface area contributed by atoms with Crippen molar-refractivity contribution in [3.8, 4) is 80.9 Å². The number of hydrogen-bond acceptors (Lipinski definition) is 4. The van der Waals surface area contributed by atoms with Gasteiger partial charge in [0.1, 0.15) is 24.3 Å². The zero-order valence-electron chi connectivity index (χ0n) is 72.6. The van der Waals surface area contributed by atoms with Crippen molar-refractivity contribution in [3.05, 3.63) is 435 Å². The Morgan fingerprint density at radius 3 is 0.919 bits per heavy atom. The first-order chi connectivity index (χ1) is 67.4. The SMILES string of the molecule is N#Cc1cc(-n2c3ccc4ccccc4c3c3c2ccc2c4c(-c5ccc6c(c5)c5ccc7c8c9ccccc9ccc8n(-c8cc(C#N)c(-n9c%10ccc%11ccccc%11c%10c%10ccc%11c%12ccccc%12n(-c%12ccccc%12)c%11c%109)cc8C#N)c7c5n6-c5ccccc5)cccc4n(-c4ccccc4)c23)c(C#N)cc1-n1c2ccccc2c2c1ccc1c3ccccc3n(-c3ccccc3)c12. The van der Waals surface area contributed by atoms with Gasteiger partial charge in [0, 0.05) is 109 Å². The second-order valence-electron chi connectivity index (χ2n) is 35.7. The predicted molar refractivity (Wildman–Crippen MR) is 558 cm³/mol. The third-order valence-electron chi connectivity index (χ3n) is 29.1. The topological polar surface area (TPSA) is 135 Å². The third-order valence-corrected chi connectivity index (χ3v) is 29.1. The molecule has 8 heterocycles. The highest BCUT2D eigenvalue weighted by molar-refractivity contribution is 6.35. The van der Waals surface area contributed by atoms with Crippen LogP contribution in [0.15, 0.2) is 413 Å². The van der Waals surface area contributed by atoms with Crippen LogP contribution >= 0.6 is 0 Å². The van der Waals surface area contributed by atoms with Gasteiger partial charge in [-0.15, -0.1) is 0 Å². The fourth-order valence-corrected chi connectivity index (χ4v) is 23.7. The predicted octanol–water partition coefficient (Wildman–Crippen LogP) is 31.1. The van der Waals surface area contributed by atoms with E-state index < -0.39 is 0 Å². The van der Waals surface area contributed by atoms with Crippen molar-refractivity contribution >= 4 is 207 Å². The average Bonchev–Trinajstić information content (AvgIpc) is 1.53. The molecular weight excluding hydrogens is 1660 g/mol. The summed E-state index contributed by atoms with van der Waals surface area (Å²) < 4.78 is 18.5. The summed E-state index contributed by atoms with van der Waals surface area (Å²) in [6.07, 6.45) is 0. The Balaban J connectivity index is 0.665. The summed E-state index contributed by atoms with van der Waals surface area (Å²) in [6.45, 7) is 0. The van der Waals surface area contributed by atoms with Crippen molar-refractivity contribution in [1.29, 1.82) is 21.0 Å². The van der Waals surface area contributed by atoms with E-state index in [0.29, 0.717) is 45.0 Å². The minimum Gasteiger partial charge on any atom is -0.309 e. The van der Waals surface area contributed by atoms with Crippen LogP contribution in [0.4, 0.5) is 0 Å². The molecule has 0 unspecified atom stereocenters. The smallest absolute Gasteiger partial charge is 0.101 e. The Kier molecular flexibility index (Phi) is 15.4. The van der Waals surface area contributed by atoms with E-state index in [9.17, 15) is 21.0 Å². The molecule has 21 aromatic carbocycles. The fourth-order valence-electron chi connectivity index (χ4n) is 23.7. The van der Waals surface area contributed by atoms with Gasteiger partial charge in [0.15, 0.2) is 0 Å². The third kappa shape index (κ3) is 10.0. The van der Waals surface area contributed by atoms with E-state index in [2.05, 4.69) is 443 Å². The highest BCUT2D eigenvalue weighted by atomic mass is 15.1. The molecule has 29 rings (SSSR count). The van der Waals surface area contributed by atoms with Gasteiger partial charge in [0.25, 0.3) is 0 Å². The summed E-state index contributed by atoms with van der Waals surface area (Å²) >= 11 is 0. The Bertz CT molecular complexity index is 10600. The molecule has 29 aromatic rings. The highest BCUT2D eigenvalue weighted by Gasteiger charge is 2.33. The van der Waals surface area contributed by atoms with E-state index in [-0.39, 0.29) is 0 Å². The van der Waals surface area contributed by atoms with Crippen LogP contribution < -0.4 is 0 Å². The van der Waals surface area contributed by atoms with Crippen molar-refractivity contribution in [2.24, 2.45) is 0 Å². The number of nitriles is 4. The maximum absolute atomic E-state index is 12.3. The number of aromatic nitrogens is 8. The molecule has 12 heteroatoms. The standard InChI is InChI=1S/C124H68N12/c125-69-77-66-110(78(70-126)65-109(77)133-101-46-24-21-42-94(101)117-107(133)62-56-91-89-40-19-22-44-99(89)129(119(91)117)81-29-5-1-6-30-81)134-106-61-50-75-28-15-18-39-87(75)116(106)118-108(134)63-57-95-115-88(43-25-47-103(115)132(120(95)118)84-35-11-4-12-36-84)76-51-58-102-98(64-76)93-53-55-97-114-86-38-17-14-27-74(86)49-60-105(114)136(124(97)122(93)131(102)83-33-9-3-10-34-83)112-68-79(71-127)111(67-80(112)72-128)135-104-59-48-73-26-13-16-37-85(73)113(104)96-54-52-92-90-41-20-23-45-100(90)130(121(92)123(96)135)82-31-7-2-8-32-82/h1-68H. The minimum atomic E-state index is 0.392. The Morgan fingerprint density at radius 1 is 0.154 bits per heavy atom. The lowest BCUT2D eigenvalue weighted by molar-refractivity contribution is 1.11. The number of rotatable bonds is 9. The van der Waals surface area contributed by atoms with E-state index in [1.54, 1.807) is 0 Å². The number of hydrogen-bond donors (Lipinski definition) is 0. The summed E-state index contributed by atoms with van der Waals surface area (Å²) in [5.74, 6) is 0. The zero-order chi connectivity index (χ0) is 89.6. The summed E-state index contributed by atoms with van der Waals surface area (Å²) in [7, 11) is 0. The van der Waals surface area contributed by atoms with Gasteiger partial charge < -0.3 is 36.5 Å². The van der Waals surface area contributed by atoms with Gasteiger partial charge in [-0.1, -0.05) is 273 Å². The molecule has 0 amide bonds. The van der Waals surface area contributed by atoms with Gasteiger partial charge in [-0.3, -0.25) is 0 Å². The summed E-state index contributed by atoms with van der Waals surface area (Å²) in [6, 6.07) is 157. The van der Waals surface area contributed by atoms with Gasteiger partial charge in [0.2, 0.25) is 0 Å².